The second-order valence-electron chi connectivity index (χ2n) is 1.38. The van der Waals surface area contributed by atoms with Crippen LogP contribution >= 0.6 is 0 Å². The predicted octanol–water partition coefficient (Wildman–Crippen LogP) is -0.711. The van der Waals surface area contributed by atoms with Gasteiger partial charge in [0.15, 0.2) is 0 Å². The molecule has 0 amide bonds. The van der Waals surface area contributed by atoms with Crippen LogP contribution in [0.15, 0.2) is 0 Å². The molecule has 3 nitrogen and oxygen atoms in total. The van der Waals surface area contributed by atoms with Crippen LogP contribution in [-0.4, -0.2) is 44.1 Å². The van der Waals surface area contributed by atoms with Crippen molar-refractivity contribution >= 4 is 40.5 Å². The van der Waals surface area contributed by atoms with Gasteiger partial charge in [-0.2, -0.15) is 0 Å². The van der Waals surface area contributed by atoms with Gasteiger partial charge in [-0.3, -0.25) is 4.18 Å². The first-order valence-corrected chi connectivity index (χ1v) is 3.03. The fourth-order valence-corrected chi connectivity index (χ4v) is 0.516. The standard InChI is InChI=1S/C3H8O3S.Na.H/c1-3(2)6-7(4)5;;/h3,7H,1-2H3;;. The third-order valence-corrected chi connectivity index (χ3v) is 0.891. The van der Waals surface area contributed by atoms with E-state index >= 15 is 0 Å². The van der Waals surface area contributed by atoms with Crippen molar-refractivity contribution in [2.24, 2.45) is 0 Å². The molecule has 0 heterocycles. The zero-order valence-electron chi connectivity index (χ0n) is 4.25. The van der Waals surface area contributed by atoms with Gasteiger partial charge in [0.1, 0.15) is 0 Å². The van der Waals surface area contributed by atoms with Crippen molar-refractivity contribution < 1.29 is 12.6 Å². The van der Waals surface area contributed by atoms with Gasteiger partial charge in [0, 0.05) is 0 Å². The molecule has 0 N–H and O–H groups in total. The van der Waals surface area contributed by atoms with Gasteiger partial charge in [0.25, 0.3) is 11.0 Å². The van der Waals surface area contributed by atoms with Gasteiger partial charge in [0.2, 0.25) is 0 Å². The molecular formula is C3H9NaO3S. The van der Waals surface area contributed by atoms with E-state index < -0.39 is 11.0 Å². The first kappa shape index (κ1) is 11.7. The Bertz CT molecular complexity index is 101. The maximum atomic E-state index is 9.62. The normalized spacial score (nSPS) is 9.50. The second-order valence-corrected chi connectivity index (χ2v) is 2.04. The second kappa shape index (κ2) is 6.04. The number of thiol groups is 1. The summed E-state index contributed by atoms with van der Waals surface area (Å²) in [6, 6.07) is 0. The van der Waals surface area contributed by atoms with Crippen molar-refractivity contribution in [2.75, 3.05) is 0 Å². The molecule has 0 atom stereocenters. The van der Waals surface area contributed by atoms with Gasteiger partial charge in [-0.25, -0.2) is 8.42 Å². The molecule has 0 spiro atoms. The molecular weight excluding hydrogens is 139 g/mol. The zero-order chi connectivity index (χ0) is 5.86. The number of hydrogen-bond acceptors (Lipinski definition) is 3. The fraction of sp³-hybridized carbons (Fsp3) is 1.00. The van der Waals surface area contributed by atoms with E-state index in [4.69, 9.17) is 0 Å². The van der Waals surface area contributed by atoms with E-state index in [0.717, 1.165) is 0 Å². The Labute approximate surface area is 72.9 Å². The van der Waals surface area contributed by atoms with Crippen LogP contribution in [0.25, 0.3) is 0 Å². The summed E-state index contributed by atoms with van der Waals surface area (Å²) in [5.41, 5.74) is 0. The molecule has 0 aromatic rings. The molecule has 0 radical (unpaired) electrons. The summed E-state index contributed by atoms with van der Waals surface area (Å²) in [4.78, 5) is 0. The molecule has 46 valence electrons. The summed E-state index contributed by atoms with van der Waals surface area (Å²) in [5, 5.41) is 0. The molecule has 0 bridgehead atoms. The van der Waals surface area contributed by atoms with Crippen LogP contribution < -0.4 is 0 Å². The Balaban J connectivity index is 0. The predicted molar refractivity (Wildman–Crippen MR) is 33.7 cm³/mol. The van der Waals surface area contributed by atoms with Gasteiger partial charge in [-0.15, -0.1) is 0 Å². The van der Waals surface area contributed by atoms with Gasteiger partial charge in [-0.05, 0) is 13.8 Å². The molecule has 0 aromatic heterocycles. The van der Waals surface area contributed by atoms with E-state index in [2.05, 4.69) is 4.18 Å². The quantitative estimate of drug-likeness (QED) is 0.415. The van der Waals surface area contributed by atoms with Crippen molar-refractivity contribution in [3.8, 4) is 0 Å². The topological polar surface area (TPSA) is 43.4 Å². The number of rotatable bonds is 2. The van der Waals surface area contributed by atoms with Gasteiger partial charge >= 0.3 is 29.6 Å². The molecule has 0 fully saturated rings. The van der Waals surface area contributed by atoms with Crippen LogP contribution in [0.3, 0.4) is 0 Å². The molecule has 0 unspecified atom stereocenters. The third kappa shape index (κ3) is 10.0. The Morgan fingerprint density at radius 1 is 1.38 bits per heavy atom. The SMILES string of the molecule is CC(C)O[SH](=O)=O.[NaH]. The average Bonchev–Trinajstić information content (AvgIpc) is 1.27. The molecule has 0 aliphatic heterocycles. The summed E-state index contributed by atoms with van der Waals surface area (Å²) in [7, 11) is -2.64. The Kier molecular flexibility index (Phi) is 8.81. The van der Waals surface area contributed by atoms with Crippen molar-refractivity contribution in [3.05, 3.63) is 0 Å². The molecule has 0 aromatic carbocycles. The van der Waals surface area contributed by atoms with Crippen LogP contribution in [0.1, 0.15) is 13.8 Å². The molecule has 0 saturated carbocycles. The molecule has 0 rings (SSSR count). The minimum absolute atomic E-state index is 0. The average molecular weight is 148 g/mol. The van der Waals surface area contributed by atoms with Gasteiger partial charge in [-0.1, -0.05) is 0 Å². The zero-order valence-corrected chi connectivity index (χ0v) is 5.14. The fourth-order valence-electron chi connectivity index (χ4n) is 0.172. The van der Waals surface area contributed by atoms with E-state index in [9.17, 15) is 8.42 Å². The summed E-state index contributed by atoms with van der Waals surface area (Å²) in [6.07, 6.45) is -0.221. The van der Waals surface area contributed by atoms with Crippen molar-refractivity contribution in [3.63, 3.8) is 0 Å². The minimum atomic E-state index is -2.64. The molecule has 0 aliphatic carbocycles. The summed E-state index contributed by atoms with van der Waals surface area (Å²) < 4.78 is 23.5. The van der Waals surface area contributed by atoms with Crippen molar-refractivity contribution in [1.29, 1.82) is 0 Å². The molecule has 0 aliphatic rings. The van der Waals surface area contributed by atoms with Crippen molar-refractivity contribution in [2.45, 2.75) is 20.0 Å². The summed E-state index contributed by atoms with van der Waals surface area (Å²) in [5.74, 6) is 0. The van der Waals surface area contributed by atoms with Gasteiger partial charge in [0.05, 0.1) is 6.10 Å². The van der Waals surface area contributed by atoms with Crippen LogP contribution in [-0.2, 0) is 15.2 Å². The van der Waals surface area contributed by atoms with E-state index in [0.29, 0.717) is 0 Å². The van der Waals surface area contributed by atoms with E-state index in [1.165, 1.54) is 0 Å². The monoisotopic (exact) mass is 148 g/mol. The van der Waals surface area contributed by atoms with E-state index in [1.807, 2.05) is 0 Å². The number of hydrogen-bond donors (Lipinski definition) is 1. The summed E-state index contributed by atoms with van der Waals surface area (Å²) >= 11 is 0. The first-order chi connectivity index (χ1) is 3.13. The van der Waals surface area contributed by atoms with Crippen LogP contribution in [0.5, 0.6) is 0 Å². The van der Waals surface area contributed by atoms with Crippen LogP contribution in [0.2, 0.25) is 0 Å². The van der Waals surface area contributed by atoms with E-state index in [1.54, 1.807) is 13.8 Å². The Morgan fingerprint density at radius 2 is 1.75 bits per heavy atom. The van der Waals surface area contributed by atoms with E-state index in [-0.39, 0.29) is 35.7 Å². The third-order valence-electron chi connectivity index (χ3n) is 0.297. The molecule has 0 saturated heterocycles. The molecule has 8 heavy (non-hydrogen) atoms. The van der Waals surface area contributed by atoms with Gasteiger partial charge < -0.3 is 0 Å². The molecule has 5 heteroatoms. The maximum absolute atomic E-state index is 9.62. The Hall–Kier alpha value is 0.910. The Morgan fingerprint density at radius 3 is 1.75 bits per heavy atom. The van der Waals surface area contributed by atoms with Crippen LogP contribution in [0, 0.1) is 0 Å². The summed E-state index contributed by atoms with van der Waals surface area (Å²) in [6.45, 7) is 3.32. The van der Waals surface area contributed by atoms with Crippen LogP contribution in [0.4, 0.5) is 0 Å². The van der Waals surface area contributed by atoms with Crippen molar-refractivity contribution in [1.82, 2.24) is 0 Å². The first-order valence-electron chi connectivity index (χ1n) is 1.94.